The van der Waals surface area contributed by atoms with Crippen molar-refractivity contribution in [3.63, 3.8) is 0 Å². The number of aliphatic carboxylic acids is 1. The highest BCUT2D eigenvalue weighted by molar-refractivity contribution is 9.11. The quantitative estimate of drug-likeness (QED) is 0.758. The Morgan fingerprint density at radius 3 is 2.48 bits per heavy atom. The van der Waals surface area contributed by atoms with Crippen LogP contribution < -0.4 is 5.32 Å². The van der Waals surface area contributed by atoms with E-state index in [1.807, 2.05) is 18.2 Å². The van der Waals surface area contributed by atoms with Gasteiger partial charge >= 0.3 is 12.0 Å². The Morgan fingerprint density at radius 2 is 1.86 bits per heavy atom. The van der Waals surface area contributed by atoms with Crippen LogP contribution in [0.1, 0.15) is 25.7 Å². The summed E-state index contributed by atoms with van der Waals surface area (Å²) in [5.41, 5.74) is 0.607. The van der Waals surface area contributed by atoms with Gasteiger partial charge in [0.05, 0.1) is 5.69 Å². The molecule has 0 bridgehead atoms. The van der Waals surface area contributed by atoms with Gasteiger partial charge in [0.15, 0.2) is 0 Å². The normalized spacial score (nSPS) is 19.0. The third-order valence-corrected chi connectivity index (χ3v) is 4.82. The molecule has 1 aliphatic heterocycles. The standard InChI is InChI=1S/C14H16Br2N2O3/c15-9-5-4-6-10(16)12(9)17-14(21)18-8-3-1-2-7-11(18)13(19)20/h4-6,11H,1-3,7-8H2,(H,17,21)(H,19,20). The van der Waals surface area contributed by atoms with Gasteiger partial charge in [-0.2, -0.15) is 0 Å². The van der Waals surface area contributed by atoms with E-state index >= 15 is 0 Å². The lowest BCUT2D eigenvalue weighted by atomic mass is 10.1. The first-order valence-electron chi connectivity index (χ1n) is 6.75. The van der Waals surface area contributed by atoms with Gasteiger partial charge in [-0.05, 0) is 56.8 Å². The summed E-state index contributed by atoms with van der Waals surface area (Å²) in [7, 11) is 0. The van der Waals surface area contributed by atoms with Crippen LogP contribution in [0.5, 0.6) is 0 Å². The second-order valence-corrected chi connectivity index (χ2v) is 6.63. The van der Waals surface area contributed by atoms with Crippen molar-refractivity contribution in [2.45, 2.75) is 31.7 Å². The Bertz CT molecular complexity index is 531. The van der Waals surface area contributed by atoms with E-state index in [9.17, 15) is 14.7 Å². The minimum absolute atomic E-state index is 0.378. The first-order chi connectivity index (χ1) is 10.0. The van der Waals surface area contributed by atoms with E-state index in [0.29, 0.717) is 18.7 Å². The van der Waals surface area contributed by atoms with Crippen LogP contribution in [0.4, 0.5) is 10.5 Å². The Balaban J connectivity index is 2.19. The summed E-state index contributed by atoms with van der Waals surface area (Å²) in [5, 5.41) is 12.1. The monoisotopic (exact) mass is 418 g/mol. The summed E-state index contributed by atoms with van der Waals surface area (Å²) in [4.78, 5) is 25.2. The average molecular weight is 420 g/mol. The lowest BCUT2D eigenvalue weighted by Crippen LogP contribution is -2.46. The first-order valence-corrected chi connectivity index (χ1v) is 8.33. The number of urea groups is 1. The van der Waals surface area contributed by atoms with Crippen LogP contribution in [0.3, 0.4) is 0 Å². The summed E-state index contributed by atoms with van der Waals surface area (Å²) in [6, 6.07) is 4.34. The predicted molar refractivity (Wildman–Crippen MR) is 87.5 cm³/mol. The van der Waals surface area contributed by atoms with E-state index in [1.165, 1.54) is 4.90 Å². The lowest BCUT2D eigenvalue weighted by Gasteiger charge is -2.27. The molecule has 2 rings (SSSR count). The zero-order valence-electron chi connectivity index (χ0n) is 11.3. The molecule has 1 aromatic carbocycles. The number of carboxylic acids is 1. The van der Waals surface area contributed by atoms with Gasteiger partial charge in [-0.25, -0.2) is 9.59 Å². The van der Waals surface area contributed by atoms with Crippen molar-refractivity contribution in [2.24, 2.45) is 0 Å². The molecule has 1 saturated heterocycles. The molecule has 1 aromatic rings. The Morgan fingerprint density at radius 1 is 1.19 bits per heavy atom. The Labute approximate surface area is 140 Å². The number of carbonyl (C=O) groups is 2. The van der Waals surface area contributed by atoms with Crippen molar-refractivity contribution < 1.29 is 14.7 Å². The highest BCUT2D eigenvalue weighted by Gasteiger charge is 2.31. The predicted octanol–water partition coefficient (Wildman–Crippen LogP) is 4.07. The molecule has 0 spiro atoms. The number of hydrogen-bond donors (Lipinski definition) is 2. The van der Waals surface area contributed by atoms with Crippen molar-refractivity contribution in [3.8, 4) is 0 Å². The molecule has 7 heteroatoms. The SMILES string of the molecule is O=C(O)C1CCCCCN1C(=O)Nc1c(Br)cccc1Br. The fourth-order valence-corrected chi connectivity index (χ4v) is 3.60. The Kier molecular flexibility index (Phi) is 5.64. The molecule has 114 valence electrons. The molecule has 5 nitrogen and oxygen atoms in total. The molecule has 0 aromatic heterocycles. The number of carbonyl (C=O) groups excluding carboxylic acids is 1. The molecular formula is C14H16Br2N2O3. The number of rotatable bonds is 2. The zero-order chi connectivity index (χ0) is 15.4. The minimum atomic E-state index is -0.946. The summed E-state index contributed by atoms with van der Waals surface area (Å²) in [6.07, 6.45) is 3.11. The van der Waals surface area contributed by atoms with Gasteiger partial charge in [-0.15, -0.1) is 0 Å². The maximum Gasteiger partial charge on any atom is 0.326 e. The largest absolute Gasteiger partial charge is 0.480 e. The smallest absolute Gasteiger partial charge is 0.326 e. The summed E-state index contributed by atoms with van der Waals surface area (Å²) in [6.45, 7) is 0.463. The van der Waals surface area contributed by atoms with Crippen LogP contribution >= 0.6 is 31.9 Å². The molecule has 2 amide bonds. The number of anilines is 1. The van der Waals surface area contributed by atoms with Gasteiger partial charge in [0.1, 0.15) is 6.04 Å². The van der Waals surface area contributed by atoms with E-state index in [4.69, 9.17) is 0 Å². The van der Waals surface area contributed by atoms with E-state index in [0.717, 1.165) is 28.2 Å². The third-order valence-electron chi connectivity index (χ3n) is 3.49. The van der Waals surface area contributed by atoms with Gasteiger partial charge in [0.25, 0.3) is 0 Å². The van der Waals surface area contributed by atoms with Gasteiger partial charge in [0, 0.05) is 15.5 Å². The molecule has 1 aliphatic rings. The van der Waals surface area contributed by atoms with Crippen molar-refractivity contribution >= 4 is 49.5 Å². The van der Waals surface area contributed by atoms with Gasteiger partial charge in [-0.3, -0.25) is 0 Å². The maximum atomic E-state index is 12.4. The average Bonchev–Trinajstić information content (AvgIpc) is 2.68. The van der Waals surface area contributed by atoms with Crippen LogP contribution in [0.2, 0.25) is 0 Å². The van der Waals surface area contributed by atoms with Crippen molar-refractivity contribution in [2.75, 3.05) is 11.9 Å². The maximum absolute atomic E-state index is 12.4. The molecule has 21 heavy (non-hydrogen) atoms. The van der Waals surface area contributed by atoms with Crippen molar-refractivity contribution in [1.29, 1.82) is 0 Å². The zero-order valence-corrected chi connectivity index (χ0v) is 14.5. The van der Waals surface area contributed by atoms with Crippen LogP contribution in [-0.2, 0) is 4.79 Å². The van der Waals surface area contributed by atoms with Crippen LogP contribution in [-0.4, -0.2) is 34.6 Å². The summed E-state index contributed by atoms with van der Waals surface area (Å²) >= 11 is 6.76. The fraction of sp³-hybridized carbons (Fsp3) is 0.429. The minimum Gasteiger partial charge on any atom is -0.480 e. The second-order valence-electron chi connectivity index (χ2n) is 4.92. The Hall–Kier alpha value is -1.08. The van der Waals surface area contributed by atoms with Crippen LogP contribution in [0.25, 0.3) is 0 Å². The number of carboxylic acid groups (broad SMARTS) is 1. The lowest BCUT2D eigenvalue weighted by molar-refractivity contribution is -0.142. The molecule has 1 unspecified atom stereocenters. The highest BCUT2D eigenvalue weighted by Crippen LogP contribution is 2.31. The number of amides is 2. The van der Waals surface area contributed by atoms with Crippen molar-refractivity contribution in [1.82, 2.24) is 4.90 Å². The molecular weight excluding hydrogens is 404 g/mol. The molecule has 0 aliphatic carbocycles. The molecule has 0 saturated carbocycles. The van der Waals surface area contributed by atoms with Crippen LogP contribution in [0, 0.1) is 0 Å². The number of nitrogens with one attached hydrogen (secondary N) is 1. The number of benzene rings is 1. The number of hydrogen-bond acceptors (Lipinski definition) is 2. The first kappa shape index (κ1) is 16.3. The number of likely N-dealkylation sites (tertiary alicyclic amines) is 1. The summed E-state index contributed by atoms with van der Waals surface area (Å²) < 4.78 is 1.49. The summed E-state index contributed by atoms with van der Waals surface area (Å²) in [5.74, 6) is -0.946. The van der Waals surface area contributed by atoms with Crippen LogP contribution in [0.15, 0.2) is 27.1 Å². The van der Waals surface area contributed by atoms with E-state index in [1.54, 1.807) is 0 Å². The van der Waals surface area contributed by atoms with Gasteiger partial charge in [-0.1, -0.05) is 18.9 Å². The highest BCUT2D eigenvalue weighted by atomic mass is 79.9. The van der Waals surface area contributed by atoms with Gasteiger partial charge in [0.2, 0.25) is 0 Å². The molecule has 2 N–H and O–H groups in total. The van der Waals surface area contributed by atoms with E-state index in [2.05, 4.69) is 37.2 Å². The second kappa shape index (κ2) is 7.26. The van der Waals surface area contributed by atoms with Gasteiger partial charge < -0.3 is 15.3 Å². The number of nitrogens with zero attached hydrogens (tertiary/aromatic N) is 1. The fourth-order valence-electron chi connectivity index (χ4n) is 2.40. The molecule has 1 fully saturated rings. The number of halogens is 2. The van der Waals surface area contributed by atoms with E-state index < -0.39 is 12.0 Å². The van der Waals surface area contributed by atoms with Crippen molar-refractivity contribution in [3.05, 3.63) is 27.1 Å². The topological polar surface area (TPSA) is 69.6 Å². The van der Waals surface area contributed by atoms with E-state index in [-0.39, 0.29) is 6.03 Å². The third kappa shape index (κ3) is 3.97. The molecule has 1 heterocycles. The number of para-hydroxylation sites is 1. The molecule has 1 atom stereocenters. The molecule has 0 radical (unpaired) electrons.